The van der Waals surface area contributed by atoms with E-state index in [-0.39, 0.29) is 0 Å². The average molecular weight is 177 g/mol. The van der Waals surface area contributed by atoms with Gasteiger partial charge < -0.3 is 4.48 Å². The first-order chi connectivity index (χ1) is 5.29. The second-order valence-electron chi connectivity index (χ2n) is 2.21. The Morgan fingerprint density at radius 3 is 2.82 bits per heavy atom. The number of hydrogen-bond donors (Lipinski definition) is 0. The predicted octanol–water partition coefficient (Wildman–Crippen LogP) is 2.36. The van der Waals surface area contributed by atoms with Crippen LogP contribution in [-0.4, -0.2) is 12.5 Å². The summed E-state index contributed by atoms with van der Waals surface area (Å²) in [5.41, 5.74) is 1.00. The highest BCUT2D eigenvalue weighted by atomic mass is 32.1. The molecular formula is C7H4BNS2. The minimum atomic E-state index is 0.714. The molecule has 0 unspecified atom stereocenters. The van der Waals surface area contributed by atoms with E-state index in [1.165, 1.54) is 15.8 Å². The molecule has 0 saturated heterocycles. The molecule has 11 heavy (non-hydrogen) atoms. The third kappa shape index (κ3) is 1.02. The van der Waals surface area contributed by atoms with Crippen molar-refractivity contribution in [2.75, 3.05) is 0 Å². The maximum Gasteiger partial charge on any atom is 0.237 e. The molecule has 0 aliphatic carbocycles. The summed E-state index contributed by atoms with van der Waals surface area (Å²) < 4.78 is 3.39. The van der Waals surface area contributed by atoms with Gasteiger partial charge in [0.25, 0.3) is 0 Å². The Labute approximate surface area is 74.7 Å². The maximum atomic E-state index is 5.66. The van der Waals surface area contributed by atoms with Crippen molar-refractivity contribution in [1.29, 1.82) is 0 Å². The summed E-state index contributed by atoms with van der Waals surface area (Å²) in [7, 11) is 5.66. The molecule has 1 aromatic heterocycles. The van der Waals surface area contributed by atoms with Gasteiger partial charge in [0.05, 0.1) is 4.70 Å². The van der Waals surface area contributed by atoms with Crippen molar-refractivity contribution in [1.82, 2.24) is 4.48 Å². The number of hydrogen-bond acceptors (Lipinski definition) is 2. The first-order valence-electron chi connectivity index (χ1n) is 3.15. The SMILES string of the molecule is [B]n1c(=S)sc2ccccc21. The number of nitrogens with zero attached hydrogens (tertiary/aromatic N) is 1. The monoisotopic (exact) mass is 177 g/mol. The van der Waals surface area contributed by atoms with Crippen LogP contribution in [0.5, 0.6) is 0 Å². The Kier molecular flexibility index (Phi) is 1.58. The van der Waals surface area contributed by atoms with Gasteiger partial charge in [-0.1, -0.05) is 12.1 Å². The van der Waals surface area contributed by atoms with E-state index >= 15 is 0 Å². The fourth-order valence-corrected chi connectivity index (χ4v) is 2.15. The van der Waals surface area contributed by atoms with Crippen LogP contribution in [0.4, 0.5) is 0 Å². The van der Waals surface area contributed by atoms with E-state index in [0.29, 0.717) is 3.95 Å². The number of aromatic nitrogens is 1. The van der Waals surface area contributed by atoms with Crippen LogP contribution in [0.2, 0.25) is 0 Å². The minimum Gasteiger partial charge on any atom is -0.380 e. The summed E-state index contributed by atoms with van der Waals surface area (Å²) in [4.78, 5) is 0. The topological polar surface area (TPSA) is 4.93 Å². The van der Waals surface area contributed by atoms with Gasteiger partial charge >= 0.3 is 0 Å². The van der Waals surface area contributed by atoms with Crippen molar-refractivity contribution in [3.63, 3.8) is 0 Å². The van der Waals surface area contributed by atoms with Gasteiger partial charge in [0.1, 0.15) is 3.95 Å². The van der Waals surface area contributed by atoms with Crippen molar-refractivity contribution < 1.29 is 0 Å². The van der Waals surface area contributed by atoms with Gasteiger partial charge in [0.2, 0.25) is 7.98 Å². The Balaban J connectivity index is 3.04. The van der Waals surface area contributed by atoms with Crippen LogP contribution in [0.1, 0.15) is 0 Å². The highest BCUT2D eigenvalue weighted by Gasteiger charge is 1.97. The number of para-hydroxylation sites is 1. The molecule has 0 saturated carbocycles. The van der Waals surface area contributed by atoms with E-state index in [0.717, 1.165) is 10.2 Å². The van der Waals surface area contributed by atoms with Gasteiger partial charge in [-0.25, -0.2) is 0 Å². The Morgan fingerprint density at radius 1 is 1.36 bits per heavy atom. The molecule has 0 aliphatic rings. The van der Waals surface area contributed by atoms with E-state index in [2.05, 4.69) is 0 Å². The lowest BCUT2D eigenvalue weighted by atomic mass is 10.3. The average Bonchev–Trinajstić information content (AvgIpc) is 2.30. The third-order valence-electron chi connectivity index (χ3n) is 1.52. The van der Waals surface area contributed by atoms with Crippen molar-refractivity contribution in [3.05, 3.63) is 28.2 Å². The zero-order valence-electron chi connectivity index (χ0n) is 5.65. The molecule has 0 fully saturated rings. The van der Waals surface area contributed by atoms with Crippen molar-refractivity contribution in [2.45, 2.75) is 0 Å². The molecule has 1 nitrogen and oxygen atoms in total. The lowest BCUT2D eigenvalue weighted by molar-refractivity contribution is 1.32. The van der Waals surface area contributed by atoms with Gasteiger partial charge in [0.15, 0.2) is 0 Å². The van der Waals surface area contributed by atoms with Crippen LogP contribution in [0.25, 0.3) is 10.2 Å². The minimum absolute atomic E-state index is 0.714. The van der Waals surface area contributed by atoms with E-state index in [4.69, 9.17) is 20.2 Å². The van der Waals surface area contributed by atoms with Crippen molar-refractivity contribution in [3.8, 4) is 0 Å². The second-order valence-corrected chi connectivity index (χ2v) is 3.88. The summed E-state index contributed by atoms with van der Waals surface area (Å²) in [5.74, 6) is 0. The van der Waals surface area contributed by atoms with Crippen LogP contribution in [0.3, 0.4) is 0 Å². The summed E-state index contributed by atoms with van der Waals surface area (Å²) >= 11 is 6.54. The molecule has 1 heterocycles. The Hall–Kier alpha value is -0.605. The summed E-state index contributed by atoms with van der Waals surface area (Å²) in [6, 6.07) is 7.90. The highest BCUT2D eigenvalue weighted by Crippen LogP contribution is 2.20. The fraction of sp³-hybridized carbons (Fsp3) is 0. The van der Waals surface area contributed by atoms with E-state index in [1.807, 2.05) is 24.3 Å². The van der Waals surface area contributed by atoms with Crippen molar-refractivity contribution in [2.24, 2.45) is 0 Å². The predicted molar refractivity (Wildman–Crippen MR) is 51.8 cm³/mol. The molecule has 0 spiro atoms. The number of thiazole rings is 1. The molecule has 4 heteroatoms. The molecule has 2 radical (unpaired) electrons. The van der Waals surface area contributed by atoms with E-state index in [9.17, 15) is 0 Å². The molecule has 0 bridgehead atoms. The molecule has 0 amide bonds. The maximum absolute atomic E-state index is 5.66. The van der Waals surface area contributed by atoms with E-state index < -0.39 is 0 Å². The summed E-state index contributed by atoms with van der Waals surface area (Å²) in [6.45, 7) is 0. The van der Waals surface area contributed by atoms with Crippen LogP contribution >= 0.6 is 23.6 Å². The van der Waals surface area contributed by atoms with Gasteiger partial charge in [-0.05, 0) is 24.4 Å². The van der Waals surface area contributed by atoms with Crippen LogP contribution in [0, 0.1) is 3.95 Å². The quantitative estimate of drug-likeness (QED) is 0.441. The first-order valence-corrected chi connectivity index (χ1v) is 4.37. The molecule has 2 aromatic rings. The first kappa shape index (κ1) is 7.07. The Morgan fingerprint density at radius 2 is 2.09 bits per heavy atom. The largest absolute Gasteiger partial charge is 0.380 e. The molecule has 52 valence electrons. The normalized spacial score (nSPS) is 10.5. The summed E-state index contributed by atoms with van der Waals surface area (Å²) in [5, 5.41) is 0. The standard InChI is InChI=1S/C7H4BNS2/c8-9-5-3-1-2-4-6(5)11-7(9)10/h1-4H. The Bertz CT molecular complexity index is 443. The molecule has 0 N–H and O–H groups in total. The zero-order chi connectivity index (χ0) is 7.84. The lowest BCUT2D eigenvalue weighted by Gasteiger charge is -1.91. The van der Waals surface area contributed by atoms with Gasteiger partial charge in [0, 0.05) is 5.52 Å². The van der Waals surface area contributed by atoms with E-state index in [1.54, 1.807) is 0 Å². The number of fused-ring (bicyclic) bond motifs is 1. The smallest absolute Gasteiger partial charge is 0.237 e. The molecular weight excluding hydrogens is 173 g/mol. The molecule has 2 rings (SSSR count). The number of benzene rings is 1. The molecule has 0 aliphatic heterocycles. The lowest BCUT2D eigenvalue weighted by Crippen LogP contribution is -1.88. The zero-order valence-corrected chi connectivity index (χ0v) is 7.28. The van der Waals surface area contributed by atoms with Crippen LogP contribution in [0.15, 0.2) is 24.3 Å². The van der Waals surface area contributed by atoms with Gasteiger partial charge in [-0.15, -0.1) is 11.3 Å². The summed E-state index contributed by atoms with van der Waals surface area (Å²) in [6.07, 6.45) is 0. The fourth-order valence-electron chi connectivity index (χ4n) is 0.984. The highest BCUT2D eigenvalue weighted by molar-refractivity contribution is 7.73. The van der Waals surface area contributed by atoms with Gasteiger partial charge in [-0.3, -0.25) is 0 Å². The van der Waals surface area contributed by atoms with Crippen LogP contribution in [-0.2, 0) is 0 Å². The molecule has 0 atom stereocenters. The van der Waals surface area contributed by atoms with Gasteiger partial charge in [-0.2, -0.15) is 0 Å². The van der Waals surface area contributed by atoms with Crippen LogP contribution < -0.4 is 0 Å². The van der Waals surface area contributed by atoms with Crippen molar-refractivity contribution >= 4 is 41.8 Å². The third-order valence-corrected chi connectivity index (χ3v) is 2.90. The number of rotatable bonds is 0. The molecule has 1 aromatic carbocycles. The second kappa shape index (κ2) is 2.46.